The summed E-state index contributed by atoms with van der Waals surface area (Å²) in [5, 5.41) is 25.2. The number of benzene rings is 1. The largest absolute Gasteiger partial charge is 0.489 e. The van der Waals surface area contributed by atoms with Gasteiger partial charge in [0.15, 0.2) is 11.5 Å². The zero-order chi connectivity index (χ0) is 19.2. The van der Waals surface area contributed by atoms with Crippen LogP contribution in [0.25, 0.3) is 0 Å². The van der Waals surface area contributed by atoms with E-state index >= 15 is 0 Å². The highest BCUT2D eigenvalue weighted by Crippen LogP contribution is 2.37. The van der Waals surface area contributed by atoms with Gasteiger partial charge in [0.2, 0.25) is 0 Å². The van der Waals surface area contributed by atoms with E-state index in [9.17, 15) is 19.9 Å². The molecule has 1 aromatic rings. The second-order valence-electron chi connectivity index (χ2n) is 6.17. The van der Waals surface area contributed by atoms with Gasteiger partial charge in [0, 0.05) is 17.7 Å². The fourth-order valence-electron chi connectivity index (χ4n) is 2.77. The number of hydrogen-bond acceptors (Lipinski definition) is 7. The van der Waals surface area contributed by atoms with Crippen molar-refractivity contribution in [2.45, 2.75) is 32.4 Å². The Morgan fingerprint density at radius 2 is 2.12 bits per heavy atom. The van der Waals surface area contributed by atoms with Crippen LogP contribution in [0.15, 0.2) is 41.1 Å². The van der Waals surface area contributed by atoms with E-state index in [1.807, 2.05) is 19.9 Å². The summed E-state index contributed by atoms with van der Waals surface area (Å²) >= 11 is 0. The molecule has 3 N–H and O–H groups in total. The number of carbonyl (C=O) groups excluding carboxylic acids is 1. The maximum Gasteiger partial charge on any atom is 0.189 e. The number of nitroso groups, excluding NO2 is 1. The molecule has 0 atom stereocenters. The highest BCUT2D eigenvalue weighted by Gasteiger charge is 2.34. The van der Waals surface area contributed by atoms with E-state index in [4.69, 9.17) is 4.74 Å². The zero-order valence-electron chi connectivity index (χ0n) is 15.0. The van der Waals surface area contributed by atoms with E-state index in [2.05, 4.69) is 10.5 Å². The molecule has 1 aliphatic rings. The third-order valence-corrected chi connectivity index (χ3v) is 4.48. The van der Waals surface area contributed by atoms with Gasteiger partial charge in [-0.05, 0) is 36.2 Å². The fourth-order valence-corrected chi connectivity index (χ4v) is 2.77. The number of nitrogens with one attached hydrogen (secondary N) is 1. The molecule has 0 bridgehead atoms. The van der Waals surface area contributed by atoms with Crippen LogP contribution in [0.5, 0.6) is 5.75 Å². The quantitative estimate of drug-likeness (QED) is 0.298. The van der Waals surface area contributed by atoms with Crippen molar-refractivity contribution in [2.75, 3.05) is 19.8 Å². The molecule has 0 amide bonds. The van der Waals surface area contributed by atoms with E-state index in [0.29, 0.717) is 23.1 Å². The van der Waals surface area contributed by atoms with Crippen molar-refractivity contribution in [1.29, 1.82) is 0 Å². The predicted molar refractivity (Wildman–Crippen MR) is 98.7 cm³/mol. The van der Waals surface area contributed by atoms with Crippen LogP contribution in [0.1, 0.15) is 36.2 Å². The van der Waals surface area contributed by atoms with Crippen LogP contribution in [0, 0.1) is 4.91 Å². The first-order valence-corrected chi connectivity index (χ1v) is 8.51. The van der Waals surface area contributed by atoms with Crippen LogP contribution in [0.2, 0.25) is 0 Å². The predicted octanol–water partition coefficient (Wildman–Crippen LogP) is 2.39. The van der Waals surface area contributed by atoms with Gasteiger partial charge < -0.3 is 20.3 Å². The number of fused-ring (bicyclic) bond motifs is 1. The summed E-state index contributed by atoms with van der Waals surface area (Å²) in [6, 6.07) is 3.01. The molecule has 0 aromatic heterocycles. The average Bonchev–Trinajstić information content (AvgIpc) is 2.88. The lowest BCUT2D eigenvalue weighted by Gasteiger charge is -2.28. The van der Waals surface area contributed by atoms with Gasteiger partial charge in [-0.25, -0.2) is 0 Å². The Kier molecular flexibility index (Phi) is 6.79. The SMILES string of the molecule is C/C=C\C=C(/CC)C(=O)c1ccc(N=O)c2c1CNC(CO)(CO)CO2. The molecule has 0 saturated heterocycles. The Bertz CT molecular complexity index is 736. The molecule has 0 radical (unpaired) electrons. The molecule has 7 heteroatoms. The molecule has 140 valence electrons. The minimum Gasteiger partial charge on any atom is -0.489 e. The van der Waals surface area contributed by atoms with E-state index in [1.54, 1.807) is 18.2 Å². The van der Waals surface area contributed by atoms with Gasteiger partial charge in [-0.1, -0.05) is 25.2 Å². The minimum absolute atomic E-state index is 0.0534. The van der Waals surface area contributed by atoms with Crippen LogP contribution in [-0.2, 0) is 6.54 Å². The average molecular weight is 360 g/mol. The summed E-state index contributed by atoms with van der Waals surface area (Å²) in [4.78, 5) is 24.1. The van der Waals surface area contributed by atoms with Gasteiger partial charge in [-0.2, -0.15) is 0 Å². The van der Waals surface area contributed by atoms with Crippen molar-refractivity contribution in [2.24, 2.45) is 5.18 Å². The molecule has 0 spiro atoms. The van der Waals surface area contributed by atoms with Crippen molar-refractivity contribution < 1.29 is 19.7 Å². The first-order chi connectivity index (χ1) is 12.6. The Labute approximate surface area is 152 Å². The van der Waals surface area contributed by atoms with Gasteiger partial charge in [-0.15, -0.1) is 4.91 Å². The molecule has 26 heavy (non-hydrogen) atoms. The highest BCUT2D eigenvalue weighted by atomic mass is 16.5. The maximum atomic E-state index is 13.0. The zero-order valence-corrected chi connectivity index (χ0v) is 15.0. The first kappa shape index (κ1) is 20.0. The van der Waals surface area contributed by atoms with Crippen LogP contribution in [-0.4, -0.2) is 41.4 Å². The molecular formula is C19H24N2O5. The van der Waals surface area contributed by atoms with E-state index in [1.165, 1.54) is 6.07 Å². The van der Waals surface area contributed by atoms with Crippen molar-refractivity contribution in [3.05, 3.63) is 52.0 Å². The first-order valence-electron chi connectivity index (χ1n) is 8.51. The van der Waals surface area contributed by atoms with Gasteiger partial charge >= 0.3 is 0 Å². The van der Waals surface area contributed by atoms with Gasteiger partial charge in [0.05, 0.1) is 18.8 Å². The minimum atomic E-state index is -1.06. The third-order valence-electron chi connectivity index (χ3n) is 4.48. The fraction of sp³-hybridized carbons (Fsp3) is 0.421. The Balaban J connectivity index is 2.53. The second kappa shape index (κ2) is 8.84. The number of hydrogen-bond donors (Lipinski definition) is 3. The summed E-state index contributed by atoms with van der Waals surface area (Å²) in [7, 11) is 0. The lowest BCUT2D eigenvalue weighted by Crippen LogP contribution is -2.54. The molecule has 0 fully saturated rings. The Morgan fingerprint density at radius 1 is 1.38 bits per heavy atom. The number of Topliss-reactive ketones (excluding diaryl/α,β-unsaturated/α-hetero) is 1. The molecule has 0 aliphatic carbocycles. The summed E-state index contributed by atoms with van der Waals surface area (Å²) in [5.74, 6) is 0.0498. The standard InChI is InChI=1S/C19H24N2O5/c1-3-5-6-13(4-2)17(24)14-7-8-16(21-25)18-15(14)9-20-19(10-22,11-23)12-26-18/h3,5-8,20,22-23H,4,9-12H2,1-2H3/b5-3-,13-6+. The molecule has 2 rings (SSSR count). The summed E-state index contributed by atoms with van der Waals surface area (Å²) in [5.41, 5.74) is 0.547. The number of allylic oxidation sites excluding steroid dienone is 4. The number of rotatable bonds is 7. The molecule has 1 aromatic carbocycles. The van der Waals surface area contributed by atoms with Crippen molar-refractivity contribution >= 4 is 11.5 Å². The lowest BCUT2D eigenvalue weighted by molar-refractivity contribution is 0.0559. The summed E-state index contributed by atoms with van der Waals surface area (Å²) < 4.78 is 5.69. The normalized spacial score (nSPS) is 16.7. The number of ketones is 1. The number of aliphatic hydroxyl groups is 2. The van der Waals surface area contributed by atoms with Crippen molar-refractivity contribution in [1.82, 2.24) is 5.32 Å². The molecule has 1 aliphatic heterocycles. The third kappa shape index (κ3) is 3.90. The van der Waals surface area contributed by atoms with E-state index in [0.717, 1.165) is 0 Å². The summed E-state index contributed by atoms with van der Waals surface area (Å²) in [6.45, 7) is 3.15. The number of carbonyl (C=O) groups is 1. The van der Waals surface area contributed by atoms with Crippen LogP contribution < -0.4 is 10.1 Å². The smallest absolute Gasteiger partial charge is 0.189 e. The molecule has 1 heterocycles. The van der Waals surface area contributed by atoms with Crippen LogP contribution in [0.3, 0.4) is 0 Å². The lowest BCUT2D eigenvalue weighted by atomic mass is 9.95. The Hall–Kier alpha value is -2.35. The van der Waals surface area contributed by atoms with Crippen molar-refractivity contribution in [3.8, 4) is 5.75 Å². The van der Waals surface area contributed by atoms with Gasteiger partial charge in [0.25, 0.3) is 0 Å². The maximum absolute atomic E-state index is 13.0. The Morgan fingerprint density at radius 3 is 2.69 bits per heavy atom. The molecule has 0 unspecified atom stereocenters. The van der Waals surface area contributed by atoms with Gasteiger partial charge in [0.1, 0.15) is 12.3 Å². The number of ether oxygens (including phenoxy) is 1. The highest BCUT2D eigenvalue weighted by molar-refractivity contribution is 6.10. The molecule has 7 nitrogen and oxygen atoms in total. The van der Waals surface area contributed by atoms with Crippen LogP contribution in [0.4, 0.5) is 5.69 Å². The summed E-state index contributed by atoms with van der Waals surface area (Å²) in [6.07, 6.45) is 5.95. The van der Waals surface area contributed by atoms with E-state index < -0.39 is 5.54 Å². The monoisotopic (exact) mass is 360 g/mol. The number of aliphatic hydroxyl groups excluding tert-OH is 2. The van der Waals surface area contributed by atoms with Crippen LogP contribution >= 0.6 is 0 Å². The second-order valence-corrected chi connectivity index (χ2v) is 6.17. The van der Waals surface area contributed by atoms with Crippen molar-refractivity contribution in [3.63, 3.8) is 0 Å². The van der Waals surface area contributed by atoms with Gasteiger partial charge in [-0.3, -0.25) is 4.79 Å². The number of nitrogens with zero attached hydrogens (tertiary/aromatic N) is 1. The van der Waals surface area contributed by atoms with E-state index in [-0.39, 0.29) is 43.6 Å². The molecular weight excluding hydrogens is 336 g/mol. The topological polar surface area (TPSA) is 108 Å². The molecule has 0 saturated carbocycles.